The van der Waals surface area contributed by atoms with Crippen molar-refractivity contribution < 1.29 is 43.2 Å². The molecule has 1 fully saturated rings. The molecule has 218 valence electrons. The number of halogens is 2. The number of aliphatic hydroxyl groups is 2. The summed E-state index contributed by atoms with van der Waals surface area (Å²) >= 11 is 4.92. The van der Waals surface area contributed by atoms with Gasteiger partial charge in [-0.05, 0) is 22.5 Å². The zero-order valence-corrected chi connectivity index (χ0v) is 24.4. The zero-order valence-electron chi connectivity index (χ0n) is 23.7. The van der Waals surface area contributed by atoms with Gasteiger partial charge in [0, 0.05) is 11.8 Å². The maximum atomic E-state index is 15.9. The predicted octanol–water partition coefficient (Wildman–Crippen LogP) is 4.27. The third-order valence-corrected chi connectivity index (χ3v) is 8.14. The van der Waals surface area contributed by atoms with E-state index in [-0.39, 0.29) is 21.5 Å². The van der Waals surface area contributed by atoms with E-state index in [1.54, 1.807) is 6.07 Å². The van der Waals surface area contributed by atoms with E-state index in [0.29, 0.717) is 15.7 Å². The van der Waals surface area contributed by atoms with Gasteiger partial charge in [-0.3, -0.25) is 18.6 Å². The number of fused-ring (bicyclic) bond motifs is 1. The number of terminal acetylenes is 1. The monoisotopic (exact) mass is 601 g/mol. The van der Waals surface area contributed by atoms with Crippen LogP contribution in [0.4, 0.5) is 8.78 Å². The number of aromatic amines is 1. The maximum absolute atomic E-state index is 15.9. The average Bonchev–Trinajstić information content (AvgIpc) is 3.02. The molecular formula is C26H31F2N2O8PS. The molecule has 40 heavy (non-hydrogen) atoms. The van der Waals surface area contributed by atoms with Gasteiger partial charge in [-0.15, -0.1) is 6.42 Å². The number of hydrogen-bond donors (Lipinski definition) is 3. The van der Waals surface area contributed by atoms with Crippen molar-refractivity contribution in [3.05, 3.63) is 55.5 Å². The van der Waals surface area contributed by atoms with Gasteiger partial charge in [0.25, 0.3) is 5.85 Å². The van der Waals surface area contributed by atoms with E-state index >= 15 is 8.78 Å². The fourth-order valence-corrected chi connectivity index (χ4v) is 5.69. The molecule has 0 spiro atoms. The van der Waals surface area contributed by atoms with Crippen LogP contribution >= 0.6 is 20.0 Å². The minimum atomic E-state index is -4.66. The number of alkyl halides is 1. The van der Waals surface area contributed by atoms with Gasteiger partial charge >= 0.3 is 13.5 Å². The number of nitrogens with zero attached hydrogens (tertiary/aromatic N) is 1. The van der Waals surface area contributed by atoms with Crippen LogP contribution in [0.3, 0.4) is 0 Å². The maximum Gasteiger partial charge on any atom is 0.530 e. The number of benzene rings is 1. The largest absolute Gasteiger partial charge is 0.530 e. The van der Waals surface area contributed by atoms with Crippen LogP contribution in [0.25, 0.3) is 0 Å². The Morgan fingerprint density at radius 1 is 1.32 bits per heavy atom. The minimum absolute atomic E-state index is 0.00950. The van der Waals surface area contributed by atoms with Gasteiger partial charge in [-0.1, -0.05) is 59.7 Å². The zero-order chi connectivity index (χ0) is 30.9. The van der Waals surface area contributed by atoms with Gasteiger partial charge in [0.15, 0.2) is 6.20 Å². The number of hydrogen-bond acceptors (Lipinski definition) is 9. The fourth-order valence-electron chi connectivity index (χ4n) is 4.26. The van der Waals surface area contributed by atoms with Crippen LogP contribution in [0.1, 0.15) is 71.4 Å². The van der Waals surface area contributed by atoms with Crippen molar-refractivity contribution >= 4 is 20.0 Å². The number of nitrogens with one attached hydrogen (secondary N) is 1. The normalized spacial score (nSPS) is 30.8. The van der Waals surface area contributed by atoms with Crippen molar-refractivity contribution in [2.24, 2.45) is 0 Å². The molecule has 4 rings (SSSR count). The molecule has 3 heterocycles. The lowest BCUT2D eigenvalue weighted by Gasteiger charge is -2.34. The third-order valence-electron chi connectivity index (χ3n) is 6.52. The summed E-state index contributed by atoms with van der Waals surface area (Å²) in [5.74, 6) is -1.91. The topological polar surface area (TPSA) is 132 Å². The first-order chi connectivity index (χ1) is 18.7. The van der Waals surface area contributed by atoms with Crippen LogP contribution in [0, 0.1) is 22.8 Å². The number of phosphoric ester groups is 1. The Hall–Kier alpha value is -2.43. The highest BCUT2D eigenvalue weighted by Crippen LogP contribution is 2.58. The van der Waals surface area contributed by atoms with Crippen molar-refractivity contribution in [2.45, 2.75) is 83.2 Å². The molecule has 1 aromatic heterocycles. The fraction of sp³-hybridized carbons (Fsp3) is 0.538. The summed E-state index contributed by atoms with van der Waals surface area (Å²) in [7, 11) is -4.66. The third kappa shape index (κ3) is 5.42. The van der Waals surface area contributed by atoms with Gasteiger partial charge in [0.05, 0.1) is 19.1 Å². The first-order valence-corrected chi connectivity index (χ1v) is 14.1. The smallest absolute Gasteiger partial charge is 0.403 e. The van der Waals surface area contributed by atoms with Gasteiger partial charge in [0.2, 0.25) is 0 Å². The highest BCUT2D eigenvalue weighted by atomic mass is 32.1. The summed E-state index contributed by atoms with van der Waals surface area (Å²) in [6, 6.07) is 1.61. The Kier molecular flexibility index (Phi) is 7.37. The van der Waals surface area contributed by atoms with E-state index in [0.717, 1.165) is 6.20 Å². The van der Waals surface area contributed by atoms with Crippen LogP contribution in [0.5, 0.6) is 5.75 Å². The van der Waals surface area contributed by atoms with E-state index < -0.39 is 67.6 Å². The molecule has 10 nitrogen and oxygen atoms in total. The van der Waals surface area contributed by atoms with Crippen LogP contribution in [-0.2, 0) is 35.8 Å². The predicted molar refractivity (Wildman–Crippen MR) is 143 cm³/mol. The number of H-pyrrole nitrogens is 1. The molecule has 0 radical (unpaired) electrons. The lowest BCUT2D eigenvalue weighted by molar-refractivity contribution is -0.205. The Labute approximate surface area is 236 Å². The molecule has 1 unspecified atom stereocenters. The first kappa shape index (κ1) is 29.1. The Morgan fingerprint density at radius 3 is 2.52 bits per heavy atom. The number of phosphoric acid groups is 1. The molecule has 5 atom stereocenters. The Balaban J connectivity index is 1.65. The van der Waals surface area contributed by atoms with Crippen molar-refractivity contribution in [1.29, 1.82) is 0 Å². The number of aromatic nitrogens is 2. The molecular weight excluding hydrogens is 569 g/mol. The van der Waals surface area contributed by atoms with Gasteiger partial charge < -0.3 is 19.5 Å². The average molecular weight is 602 g/mol. The Bertz CT molecular complexity index is 1610. The Morgan fingerprint density at radius 2 is 1.95 bits per heavy atom. The van der Waals surface area contributed by atoms with E-state index in [4.69, 9.17) is 38.3 Å². The van der Waals surface area contributed by atoms with Crippen molar-refractivity contribution in [3.63, 3.8) is 0 Å². The van der Waals surface area contributed by atoms with E-state index in [1.165, 1.54) is 0 Å². The second-order valence-corrected chi connectivity index (χ2v) is 13.6. The molecule has 0 aliphatic carbocycles. The van der Waals surface area contributed by atoms with Crippen LogP contribution in [0.15, 0.2) is 17.1 Å². The van der Waals surface area contributed by atoms with E-state index in [1.807, 2.05) is 41.5 Å². The number of rotatable bonds is 4. The van der Waals surface area contributed by atoms with E-state index in [2.05, 4.69) is 10.9 Å². The van der Waals surface area contributed by atoms with Crippen LogP contribution < -0.4 is 10.2 Å². The molecule has 0 saturated carbocycles. The molecule has 14 heteroatoms. The van der Waals surface area contributed by atoms with Crippen molar-refractivity contribution in [1.82, 2.24) is 9.55 Å². The van der Waals surface area contributed by atoms with Crippen LogP contribution in [-0.4, -0.2) is 44.4 Å². The number of aliphatic hydroxyl groups excluding tert-OH is 2. The summed E-state index contributed by atoms with van der Waals surface area (Å²) in [5, 5.41) is 21.1. The number of ether oxygens (including phenoxy) is 1. The van der Waals surface area contributed by atoms with Crippen molar-refractivity contribution in [2.75, 3.05) is 6.61 Å². The quantitative estimate of drug-likeness (QED) is 0.267. The molecule has 2 aromatic rings. The first-order valence-electron chi connectivity index (χ1n) is 12.7. The molecule has 3 N–H and O–H groups in total. The lowest BCUT2D eigenvalue weighted by atomic mass is 9.78. The highest BCUT2D eigenvalue weighted by molar-refractivity contribution is 7.71. The summed E-state index contributed by atoms with van der Waals surface area (Å²) < 4.78 is 74.7. The molecule has 0 amide bonds. The molecule has 2 aliphatic heterocycles. The summed E-state index contributed by atoms with van der Waals surface area (Å²) in [4.78, 5) is 14.6. The summed E-state index contributed by atoms with van der Waals surface area (Å²) in [6.07, 6.45) is -1.54. The molecule has 2 aliphatic rings. The SMILES string of the molecule is [2H][C@@]1(n2cc(C#C)c(=S)[nH]c2=O)O[C@](F)(COP2(=O)OCc3c(F)c(C(C)(C)C)cc(C(C)(C)C)c3O2)[C@@H](O)[C@H]1O. The van der Waals surface area contributed by atoms with Gasteiger partial charge in [-0.2, -0.15) is 0 Å². The minimum Gasteiger partial charge on any atom is -0.403 e. The second kappa shape index (κ2) is 10.1. The van der Waals surface area contributed by atoms with Crippen LogP contribution in [0.2, 0.25) is 0 Å². The summed E-state index contributed by atoms with van der Waals surface area (Å²) in [5.41, 5.74) is -1.45. The molecule has 1 aromatic carbocycles. The molecule has 1 saturated heterocycles. The van der Waals surface area contributed by atoms with E-state index in [9.17, 15) is 19.6 Å². The highest BCUT2D eigenvalue weighted by Gasteiger charge is 2.58. The lowest BCUT2D eigenvalue weighted by Crippen LogP contribution is -2.43. The van der Waals surface area contributed by atoms with Gasteiger partial charge in [-0.25, -0.2) is 18.1 Å². The molecule has 0 bridgehead atoms. The standard InChI is InChI=1S/C26H31F2N2O8PS/c1-8-13-10-30(23(33)29-21(13)40)22-18(31)20(32)26(28,37-22)12-36-39(34)35-11-14-17(27)15(24(2,3)4)9-16(19(14)38-39)25(5,6)7/h1,9-10,18,20,22,31-32H,11-12H2,2-7H3,(H,29,33,40)/t18-,20+,22-,26-,39?/m1/s1/i22D. The summed E-state index contributed by atoms with van der Waals surface area (Å²) in [6.45, 7) is 9.13. The van der Waals surface area contributed by atoms with Gasteiger partial charge in [0.1, 0.15) is 35.0 Å². The van der Waals surface area contributed by atoms with Crippen molar-refractivity contribution in [3.8, 4) is 18.1 Å². The second-order valence-electron chi connectivity index (χ2n) is 11.6.